The van der Waals surface area contributed by atoms with Gasteiger partial charge in [-0.2, -0.15) is 4.98 Å². The first-order valence-electron chi connectivity index (χ1n) is 8.09. The Labute approximate surface area is 139 Å². The van der Waals surface area contributed by atoms with Gasteiger partial charge in [-0.25, -0.2) is 0 Å². The molecule has 0 bridgehead atoms. The van der Waals surface area contributed by atoms with Gasteiger partial charge in [0.05, 0.1) is 12.0 Å². The lowest BCUT2D eigenvalue weighted by Crippen LogP contribution is -2.57. The molecule has 3 heterocycles. The standard InChI is InChI=1S/C17H19N3O4/c1-11-18-16(24-19-11)10-22-14-7-20(8-14)17(21)13-6-12-4-2-3-5-15(12)23-9-13/h2-5,13-14H,6-10H2,1H3. The summed E-state index contributed by atoms with van der Waals surface area (Å²) in [5.41, 5.74) is 1.10. The second-order valence-corrected chi connectivity index (χ2v) is 6.23. The molecule has 0 N–H and O–H groups in total. The van der Waals surface area contributed by atoms with E-state index in [1.165, 1.54) is 0 Å². The van der Waals surface area contributed by atoms with Gasteiger partial charge in [0.15, 0.2) is 5.82 Å². The van der Waals surface area contributed by atoms with Crippen LogP contribution in [0.15, 0.2) is 28.8 Å². The summed E-state index contributed by atoms with van der Waals surface area (Å²) < 4.78 is 16.4. The average Bonchev–Trinajstić information content (AvgIpc) is 2.98. The Morgan fingerprint density at radius 1 is 1.38 bits per heavy atom. The fourth-order valence-corrected chi connectivity index (χ4v) is 3.06. The summed E-state index contributed by atoms with van der Waals surface area (Å²) in [5, 5.41) is 3.72. The lowest BCUT2D eigenvalue weighted by atomic mass is 9.94. The van der Waals surface area contributed by atoms with Gasteiger partial charge in [0.1, 0.15) is 19.0 Å². The molecule has 0 spiro atoms. The predicted octanol–water partition coefficient (Wildman–Crippen LogP) is 1.36. The molecule has 1 atom stereocenters. The van der Waals surface area contributed by atoms with Crippen molar-refractivity contribution in [2.24, 2.45) is 5.92 Å². The summed E-state index contributed by atoms with van der Waals surface area (Å²) in [6.45, 7) is 3.70. The fourth-order valence-electron chi connectivity index (χ4n) is 3.06. The molecule has 2 aliphatic heterocycles. The van der Waals surface area contributed by atoms with Crippen molar-refractivity contribution >= 4 is 5.91 Å². The van der Waals surface area contributed by atoms with Crippen LogP contribution in [0.1, 0.15) is 17.3 Å². The molecule has 4 rings (SSSR count). The van der Waals surface area contributed by atoms with Crippen LogP contribution in [0, 0.1) is 12.8 Å². The zero-order chi connectivity index (χ0) is 16.5. The zero-order valence-corrected chi connectivity index (χ0v) is 13.5. The number of para-hydroxylation sites is 1. The Morgan fingerprint density at radius 2 is 2.21 bits per heavy atom. The summed E-state index contributed by atoms with van der Waals surface area (Å²) in [6, 6.07) is 7.89. The number of likely N-dealkylation sites (tertiary alicyclic amines) is 1. The van der Waals surface area contributed by atoms with Crippen LogP contribution >= 0.6 is 0 Å². The van der Waals surface area contributed by atoms with E-state index in [1.54, 1.807) is 6.92 Å². The van der Waals surface area contributed by atoms with Crippen LogP contribution in [-0.2, 0) is 22.6 Å². The molecular weight excluding hydrogens is 310 g/mol. The van der Waals surface area contributed by atoms with Crippen molar-refractivity contribution in [2.75, 3.05) is 19.7 Å². The van der Waals surface area contributed by atoms with Gasteiger partial charge in [-0.1, -0.05) is 23.4 Å². The Kier molecular flexibility index (Phi) is 3.93. The molecule has 1 aromatic heterocycles. The second-order valence-electron chi connectivity index (χ2n) is 6.23. The number of carbonyl (C=O) groups is 1. The summed E-state index contributed by atoms with van der Waals surface area (Å²) in [5.74, 6) is 1.98. The minimum absolute atomic E-state index is 0.0259. The molecule has 0 saturated carbocycles. The number of rotatable bonds is 4. The Morgan fingerprint density at radius 3 is 3.00 bits per heavy atom. The van der Waals surface area contributed by atoms with Crippen molar-refractivity contribution in [2.45, 2.75) is 26.1 Å². The molecule has 7 nitrogen and oxygen atoms in total. The monoisotopic (exact) mass is 329 g/mol. The number of nitrogens with zero attached hydrogens (tertiary/aromatic N) is 3. The van der Waals surface area contributed by atoms with Gasteiger partial charge >= 0.3 is 0 Å². The smallest absolute Gasteiger partial charge is 0.252 e. The van der Waals surface area contributed by atoms with Crippen molar-refractivity contribution in [3.05, 3.63) is 41.5 Å². The summed E-state index contributed by atoms with van der Waals surface area (Å²) in [6.07, 6.45) is 0.760. The first kappa shape index (κ1) is 15.1. The van der Waals surface area contributed by atoms with E-state index < -0.39 is 0 Å². The third kappa shape index (κ3) is 2.99. The van der Waals surface area contributed by atoms with E-state index in [9.17, 15) is 4.79 Å². The molecule has 1 fully saturated rings. The maximum Gasteiger partial charge on any atom is 0.252 e. The summed E-state index contributed by atoms with van der Waals surface area (Å²) in [7, 11) is 0. The SMILES string of the molecule is Cc1noc(COC2CN(C(=O)C3COc4ccccc4C3)C2)n1. The van der Waals surface area contributed by atoms with E-state index in [4.69, 9.17) is 14.0 Å². The molecule has 1 saturated heterocycles. The van der Waals surface area contributed by atoms with Gasteiger partial charge in [-0.3, -0.25) is 4.79 Å². The molecular formula is C17H19N3O4. The van der Waals surface area contributed by atoms with E-state index in [0.717, 1.165) is 17.7 Å². The van der Waals surface area contributed by atoms with Crippen molar-refractivity contribution in [3.8, 4) is 5.75 Å². The van der Waals surface area contributed by atoms with Crippen molar-refractivity contribution in [1.82, 2.24) is 15.0 Å². The third-order valence-electron chi connectivity index (χ3n) is 4.40. The maximum atomic E-state index is 12.6. The van der Waals surface area contributed by atoms with Gasteiger partial charge in [-0.05, 0) is 25.0 Å². The van der Waals surface area contributed by atoms with Crippen LogP contribution in [-0.4, -0.2) is 46.7 Å². The van der Waals surface area contributed by atoms with Crippen molar-refractivity contribution in [1.29, 1.82) is 0 Å². The van der Waals surface area contributed by atoms with E-state index in [0.29, 0.717) is 31.4 Å². The molecule has 24 heavy (non-hydrogen) atoms. The van der Waals surface area contributed by atoms with Gasteiger partial charge in [0.25, 0.3) is 5.89 Å². The zero-order valence-electron chi connectivity index (χ0n) is 13.5. The summed E-state index contributed by atoms with van der Waals surface area (Å²) in [4.78, 5) is 18.5. The van der Waals surface area contributed by atoms with Crippen molar-refractivity contribution in [3.63, 3.8) is 0 Å². The highest BCUT2D eigenvalue weighted by Gasteiger charge is 2.37. The fraction of sp³-hybridized carbons (Fsp3) is 0.471. The van der Waals surface area contributed by atoms with Crippen LogP contribution in [0.25, 0.3) is 0 Å². The minimum atomic E-state index is -0.112. The van der Waals surface area contributed by atoms with Gasteiger partial charge in [0.2, 0.25) is 5.91 Å². The number of aromatic nitrogens is 2. The number of benzene rings is 1. The topological polar surface area (TPSA) is 77.7 Å². The van der Waals surface area contributed by atoms with Crippen LogP contribution in [0.5, 0.6) is 5.75 Å². The van der Waals surface area contributed by atoms with Gasteiger partial charge in [-0.15, -0.1) is 0 Å². The van der Waals surface area contributed by atoms with Crippen LogP contribution in [0.4, 0.5) is 0 Å². The Hall–Kier alpha value is -2.41. The number of hydrogen-bond donors (Lipinski definition) is 0. The normalized spacial score (nSPS) is 20.2. The first-order valence-corrected chi connectivity index (χ1v) is 8.09. The number of carbonyl (C=O) groups excluding carboxylic acids is 1. The highest BCUT2D eigenvalue weighted by Crippen LogP contribution is 2.29. The maximum absolute atomic E-state index is 12.6. The first-order chi connectivity index (χ1) is 11.7. The van der Waals surface area contributed by atoms with Crippen LogP contribution in [0.3, 0.4) is 0 Å². The minimum Gasteiger partial charge on any atom is -0.492 e. The summed E-state index contributed by atoms with van der Waals surface area (Å²) >= 11 is 0. The van der Waals surface area contributed by atoms with E-state index in [2.05, 4.69) is 10.1 Å². The molecule has 0 aliphatic carbocycles. The number of aryl methyl sites for hydroxylation is 1. The number of hydrogen-bond acceptors (Lipinski definition) is 6. The molecule has 1 aromatic carbocycles. The molecule has 1 unspecified atom stereocenters. The highest BCUT2D eigenvalue weighted by molar-refractivity contribution is 5.80. The number of amides is 1. The average molecular weight is 329 g/mol. The lowest BCUT2D eigenvalue weighted by molar-refractivity contribution is -0.152. The van der Waals surface area contributed by atoms with E-state index in [1.807, 2.05) is 29.2 Å². The molecule has 126 valence electrons. The predicted molar refractivity (Wildman–Crippen MR) is 83.3 cm³/mol. The van der Waals surface area contributed by atoms with Gasteiger partial charge < -0.3 is 18.9 Å². The molecule has 0 radical (unpaired) electrons. The van der Waals surface area contributed by atoms with Crippen molar-refractivity contribution < 1.29 is 18.8 Å². The molecule has 7 heteroatoms. The lowest BCUT2D eigenvalue weighted by Gasteiger charge is -2.41. The quantitative estimate of drug-likeness (QED) is 0.843. The molecule has 2 aliphatic rings. The Bertz CT molecular complexity index is 739. The third-order valence-corrected chi connectivity index (χ3v) is 4.40. The van der Waals surface area contributed by atoms with Crippen LogP contribution < -0.4 is 4.74 Å². The van der Waals surface area contributed by atoms with Gasteiger partial charge in [0, 0.05) is 13.1 Å². The highest BCUT2D eigenvalue weighted by atomic mass is 16.5. The molecule has 2 aromatic rings. The Balaban J connectivity index is 1.26. The van der Waals surface area contributed by atoms with Crippen LogP contribution in [0.2, 0.25) is 0 Å². The number of ether oxygens (including phenoxy) is 2. The van der Waals surface area contributed by atoms with E-state index in [-0.39, 0.29) is 24.5 Å². The number of fused-ring (bicyclic) bond motifs is 1. The van der Waals surface area contributed by atoms with E-state index >= 15 is 0 Å². The second kappa shape index (κ2) is 6.24. The molecule has 1 amide bonds. The largest absolute Gasteiger partial charge is 0.492 e.